The van der Waals surface area contributed by atoms with Crippen LogP contribution in [0.5, 0.6) is 0 Å². The van der Waals surface area contributed by atoms with Crippen molar-refractivity contribution in [3.63, 3.8) is 0 Å². The Kier molecular flexibility index (Phi) is 4.85. The number of carbonyl (C=O) groups is 1. The number of H-pyrrole nitrogens is 1. The van der Waals surface area contributed by atoms with E-state index < -0.39 is 6.17 Å². The van der Waals surface area contributed by atoms with Crippen LogP contribution in [0, 0.1) is 25.0 Å². The summed E-state index contributed by atoms with van der Waals surface area (Å²) in [6, 6.07) is 14.2. The van der Waals surface area contributed by atoms with Crippen molar-refractivity contribution in [3.05, 3.63) is 88.5 Å². The summed E-state index contributed by atoms with van der Waals surface area (Å²) in [5.74, 6) is 0.166. The second-order valence-corrected chi connectivity index (χ2v) is 8.49. The molecule has 5 rings (SSSR count). The molecule has 1 amide bonds. The first-order chi connectivity index (χ1) is 15.4. The summed E-state index contributed by atoms with van der Waals surface area (Å²) in [5.41, 5.74) is 6.40. The van der Waals surface area contributed by atoms with Gasteiger partial charge in [-0.05, 0) is 44.0 Å². The lowest BCUT2D eigenvalue weighted by Crippen LogP contribution is -2.51. The minimum absolute atomic E-state index is 0.0689. The number of ether oxygens (including phenoxy) is 1. The second-order valence-electron chi connectivity index (χ2n) is 8.49. The van der Waals surface area contributed by atoms with Crippen LogP contribution < -0.4 is 5.32 Å². The van der Waals surface area contributed by atoms with Crippen molar-refractivity contribution in [2.75, 3.05) is 6.61 Å². The Morgan fingerprint density at radius 1 is 1.19 bits per heavy atom. The Morgan fingerprint density at radius 3 is 2.84 bits per heavy atom. The van der Waals surface area contributed by atoms with Gasteiger partial charge in [0.25, 0.3) is 12.1 Å². The zero-order valence-electron chi connectivity index (χ0n) is 18.3. The number of para-hydroxylation sites is 1. The van der Waals surface area contributed by atoms with E-state index in [0.29, 0.717) is 17.2 Å². The summed E-state index contributed by atoms with van der Waals surface area (Å²) in [6.45, 7) is 6.19. The number of amides is 1. The van der Waals surface area contributed by atoms with Gasteiger partial charge in [0, 0.05) is 10.9 Å². The molecule has 2 aliphatic rings. The summed E-state index contributed by atoms with van der Waals surface area (Å²) in [4.78, 5) is 16.3. The minimum Gasteiger partial charge on any atom is -0.622 e. The molecule has 6 heteroatoms. The van der Waals surface area contributed by atoms with E-state index in [2.05, 4.69) is 48.4 Å². The van der Waals surface area contributed by atoms with E-state index in [0.717, 1.165) is 26.8 Å². The van der Waals surface area contributed by atoms with Crippen LogP contribution in [0.2, 0.25) is 0 Å². The Bertz CT molecular complexity index is 1330. The first-order valence-electron chi connectivity index (χ1n) is 10.8. The van der Waals surface area contributed by atoms with E-state index >= 15 is 0 Å². The van der Waals surface area contributed by atoms with Crippen molar-refractivity contribution in [2.45, 2.75) is 26.9 Å². The molecule has 6 nitrogen and oxygen atoms in total. The number of aryl methyl sites for hydroxylation is 2. The number of allylic oxidation sites excluding steroid dienone is 4. The molecular weight excluding hydrogens is 402 g/mol. The smallest absolute Gasteiger partial charge is 0.273 e. The third kappa shape index (κ3) is 3.38. The first-order valence-corrected chi connectivity index (χ1v) is 10.8. The standard InChI is InChI=1S/C26H25N3O3/c1-15-10-11-19(17(3)12-15)20-8-5-7-18-13-21(27-24(18)20)26(30)28-23-14-32-22-9-4-6-16(2)25(22)29(23)31/h4-13,16,23,27H,14H2,1-3H3,(H,28,30). The lowest BCUT2D eigenvalue weighted by molar-refractivity contribution is -0.518. The van der Waals surface area contributed by atoms with Gasteiger partial charge in [0.2, 0.25) is 5.71 Å². The molecule has 1 aromatic heterocycles. The fraction of sp³-hybridized carbons (Fsp3) is 0.231. The van der Waals surface area contributed by atoms with Crippen LogP contribution in [-0.2, 0) is 4.74 Å². The van der Waals surface area contributed by atoms with E-state index in [1.807, 2.05) is 37.3 Å². The van der Waals surface area contributed by atoms with Gasteiger partial charge in [0.1, 0.15) is 5.69 Å². The van der Waals surface area contributed by atoms with Crippen LogP contribution in [0.1, 0.15) is 28.5 Å². The lowest BCUT2D eigenvalue weighted by atomic mass is 9.97. The lowest BCUT2D eigenvalue weighted by Gasteiger charge is -2.29. The number of hydrogen-bond acceptors (Lipinski definition) is 3. The summed E-state index contributed by atoms with van der Waals surface area (Å²) in [5, 5.41) is 16.7. The normalized spacial score (nSPS) is 20.0. The van der Waals surface area contributed by atoms with Crippen LogP contribution in [-0.4, -0.2) is 34.1 Å². The first kappa shape index (κ1) is 20.1. The van der Waals surface area contributed by atoms with Crippen molar-refractivity contribution in [3.8, 4) is 11.1 Å². The average Bonchev–Trinajstić information content (AvgIpc) is 3.21. The molecule has 2 atom stereocenters. The minimum atomic E-state index is -0.783. The molecule has 0 radical (unpaired) electrons. The van der Waals surface area contributed by atoms with E-state index in [1.54, 1.807) is 6.08 Å². The van der Waals surface area contributed by atoms with Gasteiger partial charge in [0.05, 0.1) is 11.4 Å². The Balaban J connectivity index is 1.46. The van der Waals surface area contributed by atoms with Gasteiger partial charge in [-0.3, -0.25) is 10.1 Å². The highest BCUT2D eigenvalue weighted by Gasteiger charge is 2.36. The molecule has 3 aromatic rings. The SMILES string of the molecule is Cc1ccc(-c2cccc3cc(C(=O)NC4COC5=CC=CC(C)C5=[N+]4[O-])[nH]c23)c(C)c1. The zero-order chi connectivity index (χ0) is 22.4. The van der Waals surface area contributed by atoms with E-state index in [-0.39, 0.29) is 18.4 Å². The van der Waals surface area contributed by atoms with Crippen molar-refractivity contribution in [1.82, 2.24) is 10.3 Å². The number of hydroxylamine groups is 1. The molecular formula is C26H25N3O3. The largest absolute Gasteiger partial charge is 0.622 e. The molecule has 0 bridgehead atoms. The Hall–Kier alpha value is -3.80. The molecule has 0 saturated carbocycles. The van der Waals surface area contributed by atoms with Gasteiger partial charge in [-0.2, -0.15) is 4.74 Å². The fourth-order valence-corrected chi connectivity index (χ4v) is 4.49. The quantitative estimate of drug-likeness (QED) is 0.474. The third-order valence-electron chi connectivity index (χ3n) is 6.12. The molecule has 2 heterocycles. The number of hydrogen-bond donors (Lipinski definition) is 2. The number of rotatable bonds is 3. The fourth-order valence-electron chi connectivity index (χ4n) is 4.49. The number of nitrogens with one attached hydrogen (secondary N) is 2. The van der Waals surface area contributed by atoms with Crippen LogP contribution in [0.15, 0.2) is 66.5 Å². The monoisotopic (exact) mass is 427 g/mol. The van der Waals surface area contributed by atoms with E-state index in [9.17, 15) is 10.0 Å². The highest BCUT2D eigenvalue weighted by atomic mass is 16.5. The number of carbonyl (C=O) groups excluding carboxylic acids is 1. The van der Waals surface area contributed by atoms with E-state index in [1.165, 1.54) is 11.1 Å². The molecule has 1 aliphatic heterocycles. The van der Waals surface area contributed by atoms with Gasteiger partial charge < -0.3 is 14.9 Å². The summed E-state index contributed by atoms with van der Waals surface area (Å²) >= 11 is 0. The number of fused-ring (bicyclic) bond motifs is 2. The van der Waals surface area contributed by atoms with Gasteiger partial charge in [0.15, 0.2) is 12.4 Å². The van der Waals surface area contributed by atoms with Crippen LogP contribution in [0.25, 0.3) is 22.0 Å². The molecule has 162 valence electrons. The summed E-state index contributed by atoms with van der Waals surface area (Å²) < 4.78 is 6.60. The van der Waals surface area contributed by atoms with Crippen molar-refractivity contribution in [1.29, 1.82) is 0 Å². The van der Waals surface area contributed by atoms with Gasteiger partial charge in [-0.1, -0.05) is 54.1 Å². The highest BCUT2D eigenvalue weighted by Crippen LogP contribution is 2.31. The molecule has 32 heavy (non-hydrogen) atoms. The third-order valence-corrected chi connectivity index (χ3v) is 6.12. The molecule has 0 spiro atoms. The summed E-state index contributed by atoms with van der Waals surface area (Å²) in [6.07, 6.45) is 4.82. The maximum atomic E-state index is 13.0. The van der Waals surface area contributed by atoms with Crippen LogP contribution in [0.3, 0.4) is 0 Å². The number of aromatic nitrogens is 1. The van der Waals surface area contributed by atoms with Gasteiger partial charge in [-0.25, -0.2) is 0 Å². The van der Waals surface area contributed by atoms with Crippen molar-refractivity contribution >= 4 is 22.5 Å². The number of aromatic amines is 1. The molecule has 2 N–H and O–H groups in total. The van der Waals surface area contributed by atoms with Gasteiger partial charge >= 0.3 is 0 Å². The predicted octanol–water partition coefficient (Wildman–Crippen LogP) is 4.58. The van der Waals surface area contributed by atoms with Crippen LogP contribution >= 0.6 is 0 Å². The maximum absolute atomic E-state index is 13.0. The van der Waals surface area contributed by atoms with Crippen LogP contribution in [0.4, 0.5) is 0 Å². The Morgan fingerprint density at radius 2 is 2.03 bits per heavy atom. The maximum Gasteiger partial charge on any atom is 0.273 e. The van der Waals surface area contributed by atoms with Crippen molar-refractivity contribution < 1.29 is 14.3 Å². The average molecular weight is 428 g/mol. The molecule has 1 aliphatic carbocycles. The van der Waals surface area contributed by atoms with Crippen molar-refractivity contribution in [2.24, 2.45) is 5.92 Å². The highest BCUT2D eigenvalue weighted by molar-refractivity contribution is 6.03. The number of benzene rings is 2. The zero-order valence-corrected chi connectivity index (χ0v) is 18.3. The Labute approximate surface area is 186 Å². The predicted molar refractivity (Wildman–Crippen MR) is 125 cm³/mol. The van der Waals surface area contributed by atoms with E-state index in [4.69, 9.17) is 4.74 Å². The number of nitrogens with zero attached hydrogens (tertiary/aromatic N) is 1. The molecule has 0 fully saturated rings. The summed E-state index contributed by atoms with van der Waals surface area (Å²) in [7, 11) is 0. The second kappa shape index (κ2) is 7.71. The molecule has 2 aromatic carbocycles. The topological polar surface area (TPSA) is 80.2 Å². The molecule has 0 saturated heterocycles. The molecule has 2 unspecified atom stereocenters. The van der Waals surface area contributed by atoms with Gasteiger partial charge in [-0.15, -0.1) is 0 Å².